The van der Waals surface area contributed by atoms with Crippen molar-refractivity contribution in [2.75, 3.05) is 24.7 Å². The molecule has 1 aromatic heterocycles. The van der Waals surface area contributed by atoms with Crippen LogP contribution in [-0.2, 0) is 16.1 Å². The van der Waals surface area contributed by atoms with Gasteiger partial charge in [0.15, 0.2) is 0 Å². The monoisotopic (exact) mass is 492 g/mol. The molecule has 180 valence electrons. The molecular formula is C25H24N4O5S. The Morgan fingerprint density at radius 1 is 1.06 bits per heavy atom. The second-order valence-corrected chi connectivity index (χ2v) is 9.27. The Balaban J connectivity index is 1.49. The number of hydrogen-bond acceptors (Lipinski definition) is 6. The van der Waals surface area contributed by atoms with Crippen molar-refractivity contribution in [2.24, 2.45) is 0 Å². The summed E-state index contributed by atoms with van der Waals surface area (Å²) < 4.78 is 0. The molecule has 1 unspecified atom stereocenters. The van der Waals surface area contributed by atoms with Crippen LogP contribution in [0.3, 0.4) is 0 Å². The van der Waals surface area contributed by atoms with Gasteiger partial charge in [-0.05, 0) is 60.9 Å². The Morgan fingerprint density at radius 2 is 1.80 bits per heavy atom. The summed E-state index contributed by atoms with van der Waals surface area (Å²) in [6.45, 7) is 0.138. The van der Waals surface area contributed by atoms with Crippen LogP contribution in [0.15, 0.2) is 60.0 Å². The summed E-state index contributed by atoms with van der Waals surface area (Å²) in [5.74, 6) is -0.875. The highest BCUT2D eigenvalue weighted by Gasteiger charge is 2.39. The summed E-state index contributed by atoms with van der Waals surface area (Å²) in [7, 11) is 3.53. The lowest BCUT2D eigenvalue weighted by Gasteiger charge is -2.18. The largest absolute Gasteiger partial charge is 0.465 e. The molecule has 10 heteroatoms. The van der Waals surface area contributed by atoms with Crippen molar-refractivity contribution in [2.45, 2.75) is 19.0 Å². The van der Waals surface area contributed by atoms with Gasteiger partial charge in [0.05, 0.1) is 30.4 Å². The maximum Gasteiger partial charge on any atom is 0.409 e. The van der Waals surface area contributed by atoms with Crippen LogP contribution in [0, 0.1) is 0 Å². The summed E-state index contributed by atoms with van der Waals surface area (Å²) >= 11 is 1.53. The standard InChI is InChI=1S/C25H24N4O5S/c1-28(2)20-13-22(30)29(24(20)32)14-15-5-7-16(8-6-15)23(31)26-19-12-17(21-4-3-11-35-21)9-10-18(19)27-25(33)34/h3-12,20,27H,13-14H2,1-2H3,(H,26,31)(H,33,34). The zero-order chi connectivity index (χ0) is 25.1. The Morgan fingerprint density at radius 3 is 2.40 bits per heavy atom. The Labute approximate surface area is 206 Å². The van der Waals surface area contributed by atoms with Crippen molar-refractivity contribution in [1.29, 1.82) is 0 Å². The summed E-state index contributed by atoms with van der Waals surface area (Å²) in [4.78, 5) is 52.8. The van der Waals surface area contributed by atoms with E-state index in [1.807, 2.05) is 17.5 Å². The molecular weight excluding hydrogens is 468 g/mol. The van der Waals surface area contributed by atoms with Crippen molar-refractivity contribution in [3.05, 3.63) is 71.1 Å². The van der Waals surface area contributed by atoms with Gasteiger partial charge in [-0.3, -0.25) is 29.5 Å². The molecule has 3 aromatic rings. The summed E-state index contributed by atoms with van der Waals surface area (Å²) in [5, 5.41) is 16.2. The molecule has 2 aromatic carbocycles. The number of amides is 4. The molecule has 1 saturated heterocycles. The van der Waals surface area contributed by atoms with Crippen molar-refractivity contribution in [3.63, 3.8) is 0 Å². The second kappa shape index (κ2) is 10.1. The van der Waals surface area contributed by atoms with Gasteiger partial charge in [-0.2, -0.15) is 0 Å². The van der Waals surface area contributed by atoms with Crippen molar-refractivity contribution < 1.29 is 24.3 Å². The van der Waals surface area contributed by atoms with Crippen LogP contribution in [0.1, 0.15) is 22.3 Å². The number of likely N-dealkylation sites (tertiary alicyclic amines) is 1. The molecule has 1 atom stereocenters. The molecule has 3 N–H and O–H groups in total. The Bertz CT molecular complexity index is 1270. The van der Waals surface area contributed by atoms with E-state index in [0.717, 1.165) is 16.0 Å². The number of hydrogen-bond donors (Lipinski definition) is 3. The number of nitrogens with zero attached hydrogens (tertiary/aromatic N) is 2. The lowest BCUT2D eigenvalue weighted by molar-refractivity contribution is -0.140. The number of carboxylic acid groups (broad SMARTS) is 1. The number of anilines is 2. The third-order valence-electron chi connectivity index (χ3n) is 5.72. The van der Waals surface area contributed by atoms with Gasteiger partial charge in [-0.25, -0.2) is 4.79 Å². The lowest BCUT2D eigenvalue weighted by atomic mass is 10.1. The molecule has 0 aliphatic carbocycles. The minimum Gasteiger partial charge on any atom is -0.465 e. The fraction of sp³-hybridized carbons (Fsp3) is 0.200. The van der Waals surface area contributed by atoms with Crippen LogP contribution in [0.2, 0.25) is 0 Å². The number of nitrogens with one attached hydrogen (secondary N) is 2. The third-order valence-corrected chi connectivity index (χ3v) is 6.63. The molecule has 0 radical (unpaired) electrons. The second-order valence-electron chi connectivity index (χ2n) is 8.32. The van der Waals surface area contributed by atoms with Crippen molar-refractivity contribution in [1.82, 2.24) is 9.80 Å². The first-order chi connectivity index (χ1) is 16.7. The van der Waals surface area contributed by atoms with Crippen LogP contribution in [-0.4, -0.2) is 58.9 Å². The number of carbonyl (C=O) groups is 4. The first-order valence-electron chi connectivity index (χ1n) is 10.8. The minimum atomic E-state index is -1.24. The van der Waals surface area contributed by atoms with Gasteiger partial charge in [0, 0.05) is 10.4 Å². The maximum absolute atomic E-state index is 12.9. The van der Waals surface area contributed by atoms with E-state index in [-0.39, 0.29) is 30.5 Å². The van der Waals surface area contributed by atoms with Gasteiger partial charge in [0.1, 0.15) is 0 Å². The third kappa shape index (κ3) is 5.39. The SMILES string of the molecule is CN(C)C1CC(=O)N(Cc2ccc(C(=O)Nc3cc(-c4cccs4)ccc3NC(=O)O)cc2)C1=O. The summed E-state index contributed by atoms with van der Waals surface area (Å²) in [5.41, 5.74) is 2.49. The maximum atomic E-state index is 12.9. The van der Waals surface area contributed by atoms with Gasteiger partial charge >= 0.3 is 6.09 Å². The van der Waals surface area contributed by atoms with E-state index >= 15 is 0 Å². The van der Waals surface area contributed by atoms with Crippen LogP contribution in [0.4, 0.5) is 16.2 Å². The molecule has 1 aliphatic rings. The van der Waals surface area contributed by atoms with Crippen LogP contribution in [0.25, 0.3) is 10.4 Å². The molecule has 0 bridgehead atoms. The molecule has 0 spiro atoms. The van der Waals surface area contributed by atoms with Crippen LogP contribution >= 0.6 is 11.3 Å². The first kappa shape index (κ1) is 24.1. The zero-order valence-corrected chi connectivity index (χ0v) is 20.0. The van der Waals surface area contributed by atoms with Crippen LogP contribution < -0.4 is 10.6 Å². The molecule has 0 saturated carbocycles. The summed E-state index contributed by atoms with van der Waals surface area (Å²) in [6, 6.07) is 15.1. The molecule has 9 nitrogen and oxygen atoms in total. The molecule has 35 heavy (non-hydrogen) atoms. The molecule has 1 aliphatic heterocycles. The van der Waals surface area contributed by atoms with E-state index in [0.29, 0.717) is 11.3 Å². The van der Waals surface area contributed by atoms with Crippen molar-refractivity contribution >= 4 is 46.5 Å². The van der Waals surface area contributed by atoms with Gasteiger partial charge in [-0.1, -0.05) is 24.3 Å². The minimum absolute atomic E-state index is 0.138. The van der Waals surface area contributed by atoms with Crippen LogP contribution in [0.5, 0.6) is 0 Å². The number of thiophene rings is 1. The predicted octanol–water partition coefficient (Wildman–Crippen LogP) is 3.95. The van der Waals surface area contributed by atoms with Gasteiger partial charge in [0.25, 0.3) is 5.91 Å². The summed E-state index contributed by atoms with van der Waals surface area (Å²) in [6.07, 6.45) is -1.08. The normalized spacial score (nSPS) is 15.5. The quantitative estimate of drug-likeness (QED) is 0.430. The Hall–Kier alpha value is -4.02. The topological polar surface area (TPSA) is 119 Å². The van der Waals surface area contributed by atoms with E-state index in [9.17, 15) is 19.2 Å². The lowest BCUT2D eigenvalue weighted by Crippen LogP contribution is -2.37. The molecule has 4 amide bonds. The highest BCUT2D eigenvalue weighted by Crippen LogP contribution is 2.32. The highest BCUT2D eigenvalue weighted by molar-refractivity contribution is 7.13. The van der Waals surface area contributed by atoms with Gasteiger partial charge < -0.3 is 10.4 Å². The molecule has 1 fully saturated rings. The van der Waals surface area contributed by atoms with Gasteiger partial charge in [0.2, 0.25) is 11.8 Å². The van der Waals surface area contributed by atoms with Gasteiger partial charge in [-0.15, -0.1) is 11.3 Å². The Kier molecular flexibility index (Phi) is 6.94. The molecule has 4 rings (SSSR count). The van der Waals surface area contributed by atoms with E-state index in [1.165, 1.54) is 16.2 Å². The number of rotatable bonds is 7. The number of imide groups is 1. The van der Waals surface area contributed by atoms with E-state index in [4.69, 9.17) is 5.11 Å². The zero-order valence-electron chi connectivity index (χ0n) is 19.1. The average molecular weight is 493 g/mol. The van der Waals surface area contributed by atoms with E-state index in [2.05, 4.69) is 10.6 Å². The van der Waals surface area contributed by atoms with Crippen molar-refractivity contribution in [3.8, 4) is 10.4 Å². The average Bonchev–Trinajstić information content (AvgIpc) is 3.45. The number of likely N-dealkylation sites (N-methyl/N-ethyl adjacent to an activating group) is 1. The number of carbonyl (C=O) groups excluding carboxylic acids is 3. The number of benzene rings is 2. The van der Waals surface area contributed by atoms with E-state index < -0.39 is 18.0 Å². The van der Waals surface area contributed by atoms with E-state index in [1.54, 1.807) is 61.5 Å². The smallest absolute Gasteiger partial charge is 0.409 e. The predicted molar refractivity (Wildman–Crippen MR) is 133 cm³/mol. The fourth-order valence-electron chi connectivity index (χ4n) is 3.84. The highest BCUT2D eigenvalue weighted by atomic mass is 32.1. The molecule has 2 heterocycles. The fourth-order valence-corrected chi connectivity index (χ4v) is 4.57. The first-order valence-corrected chi connectivity index (χ1v) is 11.7.